The van der Waals surface area contributed by atoms with Gasteiger partial charge in [0.25, 0.3) is 5.91 Å². The number of carbonyl (C=O) groups excluding carboxylic acids is 1. The van der Waals surface area contributed by atoms with E-state index in [1.165, 1.54) is 0 Å². The Morgan fingerprint density at radius 1 is 1.21 bits per heavy atom. The summed E-state index contributed by atoms with van der Waals surface area (Å²) in [5.41, 5.74) is 9.54. The number of benzene rings is 1. The van der Waals surface area contributed by atoms with Crippen molar-refractivity contribution in [3.05, 3.63) is 71.6 Å². The van der Waals surface area contributed by atoms with E-state index in [0.717, 1.165) is 34.0 Å². The Labute approximate surface area is 191 Å². The van der Waals surface area contributed by atoms with Gasteiger partial charge in [-0.15, -0.1) is 0 Å². The summed E-state index contributed by atoms with van der Waals surface area (Å²) in [7, 11) is 1.61. The van der Waals surface area contributed by atoms with Crippen molar-refractivity contribution < 1.29 is 19.0 Å². The van der Waals surface area contributed by atoms with E-state index in [0.29, 0.717) is 31.1 Å². The van der Waals surface area contributed by atoms with Gasteiger partial charge in [-0.1, -0.05) is 6.07 Å². The minimum Gasteiger partial charge on any atom is -0.497 e. The van der Waals surface area contributed by atoms with Gasteiger partial charge in [0.15, 0.2) is 0 Å². The Morgan fingerprint density at radius 2 is 2.12 bits per heavy atom. The monoisotopic (exact) mass is 444 g/mol. The standard InChI is InChI=1S/C25H24N4O4/c1-31-19-6-7-22-17(12-19)11-18(15-33-22)25(30)29-9-10-32-23(14-29)21-4-2-3-20(28-21)16-5-8-24(26)27-13-16/h2-8,11-13,23H,9-10,14-15H2,1H3,(H2,26,27). The predicted octanol–water partition coefficient (Wildman–Crippen LogP) is 3.11. The van der Waals surface area contributed by atoms with E-state index in [4.69, 9.17) is 24.9 Å². The number of amides is 1. The topological polar surface area (TPSA) is 99.8 Å². The minimum atomic E-state index is -0.318. The van der Waals surface area contributed by atoms with Crippen LogP contribution in [0.25, 0.3) is 17.3 Å². The van der Waals surface area contributed by atoms with E-state index >= 15 is 0 Å². The largest absolute Gasteiger partial charge is 0.497 e. The number of carbonyl (C=O) groups is 1. The highest BCUT2D eigenvalue weighted by Gasteiger charge is 2.29. The molecule has 33 heavy (non-hydrogen) atoms. The smallest absolute Gasteiger partial charge is 0.253 e. The Morgan fingerprint density at radius 3 is 2.94 bits per heavy atom. The molecule has 168 valence electrons. The van der Waals surface area contributed by atoms with E-state index in [2.05, 4.69) is 4.98 Å². The van der Waals surface area contributed by atoms with Crippen LogP contribution in [0.4, 0.5) is 5.82 Å². The first-order valence-corrected chi connectivity index (χ1v) is 10.7. The lowest BCUT2D eigenvalue weighted by molar-refractivity contribution is -0.135. The number of rotatable bonds is 4. The number of morpholine rings is 1. The van der Waals surface area contributed by atoms with Crippen LogP contribution in [0.2, 0.25) is 0 Å². The average molecular weight is 444 g/mol. The van der Waals surface area contributed by atoms with E-state index in [9.17, 15) is 4.79 Å². The molecule has 3 aromatic rings. The van der Waals surface area contributed by atoms with Crippen molar-refractivity contribution >= 4 is 17.8 Å². The summed E-state index contributed by atoms with van der Waals surface area (Å²) in [4.78, 5) is 24.0. The summed E-state index contributed by atoms with van der Waals surface area (Å²) >= 11 is 0. The minimum absolute atomic E-state index is 0.0596. The molecule has 2 aliphatic rings. The summed E-state index contributed by atoms with van der Waals surface area (Å²) in [6.07, 6.45) is 3.25. The molecule has 1 fully saturated rings. The number of nitrogens with zero attached hydrogens (tertiary/aromatic N) is 3. The summed E-state index contributed by atoms with van der Waals surface area (Å²) < 4.78 is 17.1. The maximum Gasteiger partial charge on any atom is 0.253 e. The number of hydrogen-bond donors (Lipinski definition) is 1. The zero-order valence-corrected chi connectivity index (χ0v) is 18.2. The van der Waals surface area contributed by atoms with Gasteiger partial charge < -0.3 is 24.8 Å². The zero-order chi connectivity index (χ0) is 22.8. The fraction of sp³-hybridized carbons (Fsp3) is 0.240. The molecule has 1 aromatic carbocycles. The lowest BCUT2D eigenvalue weighted by atomic mass is 10.1. The van der Waals surface area contributed by atoms with Crippen LogP contribution < -0.4 is 15.2 Å². The molecule has 2 N–H and O–H groups in total. The second kappa shape index (κ2) is 8.91. The van der Waals surface area contributed by atoms with E-state index < -0.39 is 0 Å². The van der Waals surface area contributed by atoms with Crippen LogP contribution in [-0.2, 0) is 9.53 Å². The van der Waals surface area contributed by atoms with Crippen LogP contribution in [0, 0.1) is 0 Å². The Balaban J connectivity index is 1.34. The van der Waals surface area contributed by atoms with Gasteiger partial charge in [0.05, 0.1) is 37.2 Å². The Kier molecular flexibility index (Phi) is 5.66. The van der Waals surface area contributed by atoms with Gasteiger partial charge in [-0.25, -0.2) is 9.97 Å². The van der Waals surface area contributed by atoms with Crippen LogP contribution >= 0.6 is 0 Å². The van der Waals surface area contributed by atoms with Crippen molar-refractivity contribution in [2.24, 2.45) is 0 Å². The second-order valence-electron chi connectivity index (χ2n) is 7.89. The maximum absolute atomic E-state index is 13.3. The quantitative estimate of drug-likeness (QED) is 0.660. The number of anilines is 1. The zero-order valence-electron chi connectivity index (χ0n) is 18.2. The highest BCUT2D eigenvalue weighted by Crippen LogP contribution is 2.31. The van der Waals surface area contributed by atoms with E-state index in [1.54, 1.807) is 24.3 Å². The predicted molar refractivity (Wildman–Crippen MR) is 124 cm³/mol. The second-order valence-corrected chi connectivity index (χ2v) is 7.89. The Bertz CT molecular complexity index is 1210. The van der Waals surface area contributed by atoms with Crippen LogP contribution in [0.3, 0.4) is 0 Å². The van der Waals surface area contributed by atoms with Crippen molar-refractivity contribution in [3.8, 4) is 22.8 Å². The van der Waals surface area contributed by atoms with Gasteiger partial charge >= 0.3 is 0 Å². The lowest BCUT2D eigenvalue weighted by Gasteiger charge is -2.34. The third kappa shape index (κ3) is 4.38. The van der Waals surface area contributed by atoms with Crippen molar-refractivity contribution in [2.45, 2.75) is 6.10 Å². The molecule has 0 bridgehead atoms. The molecule has 0 radical (unpaired) electrons. The molecule has 1 amide bonds. The molecule has 5 rings (SSSR count). The van der Waals surface area contributed by atoms with Gasteiger partial charge in [-0.05, 0) is 48.5 Å². The molecule has 1 unspecified atom stereocenters. The van der Waals surface area contributed by atoms with Crippen molar-refractivity contribution in [1.29, 1.82) is 0 Å². The molecular weight excluding hydrogens is 420 g/mol. The molecular formula is C25H24N4O4. The molecule has 1 saturated heterocycles. The summed E-state index contributed by atoms with van der Waals surface area (Å²) in [6.45, 7) is 1.60. The number of nitrogen functional groups attached to an aromatic ring is 1. The van der Waals surface area contributed by atoms with Gasteiger partial charge in [0.1, 0.15) is 30.0 Å². The van der Waals surface area contributed by atoms with Gasteiger partial charge in [-0.2, -0.15) is 0 Å². The third-order valence-electron chi connectivity index (χ3n) is 5.74. The molecule has 8 heteroatoms. The molecule has 8 nitrogen and oxygen atoms in total. The van der Waals surface area contributed by atoms with Crippen molar-refractivity contribution in [3.63, 3.8) is 0 Å². The van der Waals surface area contributed by atoms with Gasteiger partial charge in [0.2, 0.25) is 0 Å². The number of aromatic nitrogens is 2. The SMILES string of the molecule is COc1ccc2c(c1)C=C(C(=O)N1CCOC(c3cccc(-c4ccc(N)nc4)n3)C1)CO2. The molecule has 2 aromatic heterocycles. The normalized spacial score (nSPS) is 17.5. The first-order valence-electron chi connectivity index (χ1n) is 10.7. The van der Waals surface area contributed by atoms with Crippen LogP contribution in [0.1, 0.15) is 17.4 Å². The fourth-order valence-electron chi connectivity index (χ4n) is 3.97. The van der Waals surface area contributed by atoms with Crippen LogP contribution in [-0.4, -0.2) is 54.2 Å². The van der Waals surface area contributed by atoms with E-state index in [1.807, 2.05) is 48.5 Å². The number of ether oxygens (including phenoxy) is 3. The average Bonchev–Trinajstić information content (AvgIpc) is 2.88. The highest BCUT2D eigenvalue weighted by atomic mass is 16.5. The maximum atomic E-state index is 13.3. The summed E-state index contributed by atoms with van der Waals surface area (Å²) in [6, 6.07) is 14.9. The van der Waals surface area contributed by atoms with Crippen molar-refractivity contribution in [2.75, 3.05) is 39.1 Å². The van der Waals surface area contributed by atoms with Gasteiger partial charge in [0, 0.05) is 23.9 Å². The molecule has 4 heterocycles. The third-order valence-corrected chi connectivity index (χ3v) is 5.74. The highest BCUT2D eigenvalue weighted by molar-refractivity contribution is 5.99. The number of methoxy groups -OCH3 is 1. The van der Waals surface area contributed by atoms with Crippen LogP contribution in [0.5, 0.6) is 11.5 Å². The molecule has 0 aliphatic carbocycles. The van der Waals surface area contributed by atoms with Crippen molar-refractivity contribution in [1.82, 2.24) is 14.9 Å². The number of nitrogens with two attached hydrogens (primary N) is 1. The fourth-order valence-corrected chi connectivity index (χ4v) is 3.97. The summed E-state index contributed by atoms with van der Waals surface area (Å²) in [5, 5.41) is 0. The number of hydrogen-bond acceptors (Lipinski definition) is 7. The first kappa shape index (κ1) is 21.0. The van der Waals surface area contributed by atoms with Crippen LogP contribution in [0.15, 0.2) is 60.3 Å². The number of fused-ring (bicyclic) bond motifs is 1. The number of pyridine rings is 2. The first-order chi connectivity index (χ1) is 16.1. The molecule has 1 atom stereocenters. The van der Waals surface area contributed by atoms with Gasteiger partial charge in [-0.3, -0.25) is 4.79 Å². The summed E-state index contributed by atoms with van der Waals surface area (Å²) in [5.74, 6) is 1.86. The molecule has 0 saturated carbocycles. The lowest BCUT2D eigenvalue weighted by Crippen LogP contribution is -2.44. The molecule has 0 spiro atoms. The van der Waals surface area contributed by atoms with E-state index in [-0.39, 0.29) is 18.6 Å². The molecule has 2 aliphatic heterocycles. The Hall–Kier alpha value is -3.91.